The van der Waals surface area contributed by atoms with Gasteiger partial charge < -0.3 is 29.2 Å². The standard InChI is InChI=1S/C27H29ClO6/c28-27(33-19-22-14-8-3-9-15-22)23(16-29)34-26(30)24(31-17-20-10-4-1-5-11-20)25(27)32-18-21-12-6-2-7-13-21/h1-15,23-26,29-30H,16-19H2/t23-,24-,25-,26?,27+/m1/s1. The van der Waals surface area contributed by atoms with Crippen molar-refractivity contribution in [3.8, 4) is 0 Å². The van der Waals surface area contributed by atoms with Crippen LogP contribution in [0.3, 0.4) is 0 Å². The molecule has 1 heterocycles. The first kappa shape index (κ1) is 24.8. The smallest absolute Gasteiger partial charge is 0.199 e. The van der Waals surface area contributed by atoms with Crippen molar-refractivity contribution in [1.82, 2.24) is 0 Å². The van der Waals surface area contributed by atoms with Crippen LogP contribution in [0.25, 0.3) is 0 Å². The maximum absolute atomic E-state index is 10.8. The molecule has 7 heteroatoms. The maximum atomic E-state index is 10.8. The summed E-state index contributed by atoms with van der Waals surface area (Å²) in [5, 5.41) is 19.2. The van der Waals surface area contributed by atoms with E-state index in [1.165, 1.54) is 0 Å². The summed E-state index contributed by atoms with van der Waals surface area (Å²) in [6.45, 7) is 0.125. The Balaban J connectivity index is 1.59. The molecule has 34 heavy (non-hydrogen) atoms. The molecule has 1 aliphatic heterocycles. The third kappa shape index (κ3) is 6.03. The molecular formula is C27H29ClO6. The highest BCUT2D eigenvalue weighted by atomic mass is 35.5. The number of benzene rings is 3. The molecule has 0 spiro atoms. The largest absolute Gasteiger partial charge is 0.394 e. The fourth-order valence-electron chi connectivity index (χ4n) is 3.91. The van der Waals surface area contributed by atoms with Crippen molar-refractivity contribution in [3.63, 3.8) is 0 Å². The van der Waals surface area contributed by atoms with E-state index < -0.39 is 36.3 Å². The van der Waals surface area contributed by atoms with Crippen LogP contribution < -0.4 is 0 Å². The van der Waals surface area contributed by atoms with Gasteiger partial charge in [-0.2, -0.15) is 0 Å². The van der Waals surface area contributed by atoms with Gasteiger partial charge in [0.1, 0.15) is 18.3 Å². The number of aliphatic hydroxyl groups is 2. The summed E-state index contributed by atoms with van der Waals surface area (Å²) in [5.41, 5.74) is 2.74. The lowest BCUT2D eigenvalue weighted by atomic mass is 9.97. The molecule has 0 aromatic heterocycles. The summed E-state index contributed by atoms with van der Waals surface area (Å²) in [6, 6.07) is 28.7. The fourth-order valence-corrected chi connectivity index (χ4v) is 4.27. The highest BCUT2D eigenvalue weighted by Gasteiger charge is 2.57. The van der Waals surface area contributed by atoms with E-state index in [0.717, 1.165) is 16.7 Å². The zero-order valence-electron chi connectivity index (χ0n) is 18.7. The average molecular weight is 485 g/mol. The molecule has 180 valence electrons. The third-order valence-corrected chi connectivity index (χ3v) is 6.30. The van der Waals surface area contributed by atoms with E-state index in [0.29, 0.717) is 0 Å². The number of ether oxygens (including phenoxy) is 4. The van der Waals surface area contributed by atoms with Crippen LogP contribution in [-0.4, -0.2) is 46.5 Å². The second-order valence-electron chi connectivity index (χ2n) is 8.15. The first-order chi connectivity index (χ1) is 16.6. The van der Waals surface area contributed by atoms with Crippen LogP contribution in [0.1, 0.15) is 16.7 Å². The summed E-state index contributed by atoms with van der Waals surface area (Å²) in [6.07, 6.45) is -4.30. The van der Waals surface area contributed by atoms with Gasteiger partial charge in [0.05, 0.1) is 26.4 Å². The van der Waals surface area contributed by atoms with Gasteiger partial charge in [0.15, 0.2) is 11.4 Å². The van der Waals surface area contributed by atoms with E-state index in [1.54, 1.807) is 0 Å². The van der Waals surface area contributed by atoms with Crippen molar-refractivity contribution in [2.45, 2.75) is 49.5 Å². The zero-order valence-corrected chi connectivity index (χ0v) is 19.5. The minimum absolute atomic E-state index is 0.164. The molecule has 1 saturated heterocycles. The lowest BCUT2D eigenvalue weighted by molar-refractivity contribution is -0.327. The number of rotatable bonds is 10. The highest BCUT2D eigenvalue weighted by molar-refractivity contribution is 6.24. The van der Waals surface area contributed by atoms with E-state index in [-0.39, 0.29) is 19.8 Å². The Hall–Kier alpha value is -2.29. The topological polar surface area (TPSA) is 77.4 Å². The molecule has 0 radical (unpaired) electrons. The monoisotopic (exact) mass is 484 g/mol. The molecule has 4 rings (SSSR count). The summed E-state index contributed by atoms with van der Waals surface area (Å²) >= 11 is 7.04. The second-order valence-corrected chi connectivity index (χ2v) is 8.74. The molecule has 3 aromatic rings. The number of hydrogen-bond acceptors (Lipinski definition) is 6. The molecule has 3 aromatic carbocycles. The molecule has 1 unspecified atom stereocenters. The molecule has 0 saturated carbocycles. The van der Waals surface area contributed by atoms with E-state index in [9.17, 15) is 10.2 Å². The van der Waals surface area contributed by atoms with Gasteiger partial charge in [0, 0.05) is 0 Å². The molecule has 0 amide bonds. The number of halogens is 1. The average Bonchev–Trinajstić information content (AvgIpc) is 2.89. The molecule has 2 N–H and O–H groups in total. The van der Waals surface area contributed by atoms with E-state index in [4.69, 9.17) is 30.5 Å². The maximum Gasteiger partial charge on any atom is 0.199 e. The molecule has 1 fully saturated rings. The Morgan fingerprint density at radius 3 is 1.71 bits per heavy atom. The predicted molar refractivity (Wildman–Crippen MR) is 128 cm³/mol. The number of hydrogen-bond donors (Lipinski definition) is 2. The second kappa shape index (κ2) is 11.9. The number of alkyl halides is 1. The fraction of sp³-hybridized carbons (Fsp3) is 0.333. The van der Waals surface area contributed by atoms with Crippen molar-refractivity contribution in [1.29, 1.82) is 0 Å². The number of aliphatic hydroxyl groups excluding tert-OH is 2. The quantitative estimate of drug-likeness (QED) is 0.423. The Bertz CT molecular complexity index is 990. The zero-order chi connectivity index (χ0) is 23.8. The van der Waals surface area contributed by atoms with Gasteiger partial charge in [0.2, 0.25) is 0 Å². The summed E-state index contributed by atoms with van der Waals surface area (Å²) in [7, 11) is 0. The Morgan fingerprint density at radius 2 is 1.21 bits per heavy atom. The van der Waals surface area contributed by atoms with Gasteiger partial charge in [-0.05, 0) is 16.7 Å². The third-order valence-electron chi connectivity index (χ3n) is 5.74. The summed E-state index contributed by atoms with van der Waals surface area (Å²) in [4.78, 5) is 0. The first-order valence-electron chi connectivity index (χ1n) is 11.2. The van der Waals surface area contributed by atoms with E-state index in [2.05, 4.69) is 0 Å². The first-order valence-corrected chi connectivity index (χ1v) is 11.6. The summed E-state index contributed by atoms with van der Waals surface area (Å²) < 4.78 is 24.1. The molecule has 0 aliphatic carbocycles. The van der Waals surface area contributed by atoms with Crippen LogP contribution in [-0.2, 0) is 38.8 Å². The van der Waals surface area contributed by atoms with Crippen LogP contribution in [0.4, 0.5) is 0 Å². The van der Waals surface area contributed by atoms with Crippen LogP contribution in [0, 0.1) is 0 Å². The molecule has 0 bridgehead atoms. The van der Waals surface area contributed by atoms with Crippen molar-refractivity contribution < 1.29 is 29.2 Å². The molecule has 5 atom stereocenters. The predicted octanol–water partition coefficient (Wildman–Crippen LogP) is 4.02. The van der Waals surface area contributed by atoms with Gasteiger partial charge in [0.25, 0.3) is 0 Å². The van der Waals surface area contributed by atoms with Gasteiger partial charge in [-0.1, -0.05) is 103 Å². The minimum Gasteiger partial charge on any atom is -0.394 e. The van der Waals surface area contributed by atoms with E-state index >= 15 is 0 Å². The van der Waals surface area contributed by atoms with Crippen molar-refractivity contribution in [2.75, 3.05) is 6.61 Å². The van der Waals surface area contributed by atoms with Crippen LogP contribution in [0.5, 0.6) is 0 Å². The van der Waals surface area contributed by atoms with Crippen LogP contribution in [0.15, 0.2) is 91.0 Å². The highest BCUT2D eigenvalue weighted by Crippen LogP contribution is 2.40. The lowest BCUT2D eigenvalue weighted by Gasteiger charge is -2.48. The Labute approximate surface area is 204 Å². The van der Waals surface area contributed by atoms with Crippen molar-refractivity contribution in [2.24, 2.45) is 0 Å². The van der Waals surface area contributed by atoms with Crippen molar-refractivity contribution >= 4 is 11.6 Å². The van der Waals surface area contributed by atoms with Gasteiger partial charge in [-0.25, -0.2) is 0 Å². The van der Waals surface area contributed by atoms with Crippen molar-refractivity contribution in [3.05, 3.63) is 108 Å². The van der Waals surface area contributed by atoms with Crippen LogP contribution in [0.2, 0.25) is 0 Å². The van der Waals surface area contributed by atoms with Gasteiger partial charge in [-0.15, -0.1) is 0 Å². The van der Waals surface area contributed by atoms with Gasteiger partial charge in [-0.3, -0.25) is 0 Å². The normalized spacial score (nSPS) is 26.9. The van der Waals surface area contributed by atoms with Crippen LogP contribution >= 0.6 is 11.6 Å². The Morgan fingerprint density at radius 1 is 0.735 bits per heavy atom. The Kier molecular flexibility index (Phi) is 8.69. The minimum atomic E-state index is -1.61. The van der Waals surface area contributed by atoms with Gasteiger partial charge >= 0.3 is 0 Å². The SMILES string of the molecule is OC[C@H]1OC(O)[C@H](OCc2ccccc2)[C@@H](OCc2ccccc2)[C@@]1(Cl)OCc1ccccc1. The summed E-state index contributed by atoms with van der Waals surface area (Å²) in [5.74, 6) is 0. The molecule has 1 aliphatic rings. The van der Waals surface area contributed by atoms with E-state index in [1.807, 2.05) is 91.0 Å². The molecular weight excluding hydrogens is 456 g/mol. The molecule has 6 nitrogen and oxygen atoms in total. The lowest BCUT2D eigenvalue weighted by Crippen LogP contribution is -2.66.